The number of H-pyrrole nitrogens is 1. The van der Waals surface area contributed by atoms with Crippen molar-refractivity contribution < 1.29 is 4.79 Å². The molecule has 0 saturated carbocycles. The first-order valence-electron chi connectivity index (χ1n) is 10.1. The molecule has 7 heteroatoms. The highest BCUT2D eigenvalue weighted by molar-refractivity contribution is 7.18. The topological polar surface area (TPSA) is 86.9 Å². The van der Waals surface area contributed by atoms with Crippen LogP contribution in [0.4, 0.5) is 0 Å². The van der Waals surface area contributed by atoms with Crippen molar-refractivity contribution in [3.8, 4) is 0 Å². The Morgan fingerprint density at radius 2 is 2.26 bits per heavy atom. The van der Waals surface area contributed by atoms with Crippen LogP contribution in [0, 0.1) is 11.8 Å². The van der Waals surface area contributed by atoms with E-state index in [-0.39, 0.29) is 11.5 Å². The molecular formula is C20H28N4O2S. The number of thiophene rings is 1. The van der Waals surface area contributed by atoms with Crippen LogP contribution in [0.2, 0.25) is 0 Å². The minimum Gasteiger partial charge on any atom is -0.356 e. The van der Waals surface area contributed by atoms with E-state index in [0.717, 1.165) is 49.1 Å². The Bertz CT molecular complexity index is 882. The van der Waals surface area contributed by atoms with Gasteiger partial charge in [-0.3, -0.25) is 9.59 Å². The summed E-state index contributed by atoms with van der Waals surface area (Å²) in [6, 6.07) is 0. The van der Waals surface area contributed by atoms with Crippen molar-refractivity contribution in [2.75, 3.05) is 19.6 Å². The zero-order valence-corrected chi connectivity index (χ0v) is 16.7. The van der Waals surface area contributed by atoms with Gasteiger partial charge in [0.2, 0.25) is 5.91 Å². The van der Waals surface area contributed by atoms with Crippen molar-refractivity contribution in [3.63, 3.8) is 0 Å². The SMILES string of the molecule is CC1CCc2c(sc3nc(CCC(=O)NCC4CCCNC4)[nH]c(=O)c23)C1. The predicted molar refractivity (Wildman–Crippen MR) is 108 cm³/mol. The predicted octanol–water partition coefficient (Wildman–Crippen LogP) is 2.16. The van der Waals surface area contributed by atoms with E-state index in [0.29, 0.717) is 30.5 Å². The van der Waals surface area contributed by atoms with E-state index >= 15 is 0 Å². The van der Waals surface area contributed by atoms with Crippen molar-refractivity contribution in [3.05, 3.63) is 26.6 Å². The molecule has 27 heavy (non-hydrogen) atoms. The van der Waals surface area contributed by atoms with Gasteiger partial charge in [0.1, 0.15) is 10.7 Å². The summed E-state index contributed by atoms with van der Waals surface area (Å²) in [6.45, 7) is 5.05. The second-order valence-electron chi connectivity index (χ2n) is 8.06. The lowest BCUT2D eigenvalue weighted by Gasteiger charge is -2.22. The second-order valence-corrected chi connectivity index (χ2v) is 9.14. The molecule has 3 heterocycles. The molecule has 0 radical (unpaired) electrons. The van der Waals surface area contributed by atoms with E-state index in [9.17, 15) is 9.59 Å². The Morgan fingerprint density at radius 1 is 1.37 bits per heavy atom. The fraction of sp³-hybridized carbons (Fsp3) is 0.650. The van der Waals surface area contributed by atoms with Gasteiger partial charge >= 0.3 is 0 Å². The van der Waals surface area contributed by atoms with Crippen LogP contribution in [0.5, 0.6) is 0 Å². The number of carbonyl (C=O) groups is 1. The van der Waals surface area contributed by atoms with Gasteiger partial charge in [-0.1, -0.05) is 6.92 Å². The maximum Gasteiger partial charge on any atom is 0.259 e. The summed E-state index contributed by atoms with van der Waals surface area (Å²) in [6.07, 6.45) is 6.32. The third-order valence-electron chi connectivity index (χ3n) is 5.79. The largest absolute Gasteiger partial charge is 0.356 e. The lowest BCUT2D eigenvalue weighted by molar-refractivity contribution is -0.121. The van der Waals surface area contributed by atoms with Gasteiger partial charge in [0, 0.05) is 24.3 Å². The van der Waals surface area contributed by atoms with E-state index in [1.54, 1.807) is 11.3 Å². The van der Waals surface area contributed by atoms with Crippen LogP contribution < -0.4 is 16.2 Å². The Labute approximate surface area is 163 Å². The van der Waals surface area contributed by atoms with E-state index in [1.807, 2.05) is 0 Å². The molecule has 2 aliphatic rings. The van der Waals surface area contributed by atoms with E-state index in [4.69, 9.17) is 0 Å². The number of carbonyl (C=O) groups excluding carboxylic acids is 1. The standard InChI is InChI=1S/C20H28N4O2S/c1-12-4-5-14-15(9-12)27-20-18(14)19(26)23-16(24-20)6-7-17(25)22-11-13-3-2-8-21-10-13/h12-13,21H,2-11H2,1H3,(H,22,25)(H,23,24,26). The van der Waals surface area contributed by atoms with Gasteiger partial charge in [0.25, 0.3) is 5.56 Å². The van der Waals surface area contributed by atoms with Gasteiger partial charge in [-0.15, -0.1) is 11.3 Å². The maximum absolute atomic E-state index is 12.6. The molecule has 0 bridgehead atoms. The molecule has 2 unspecified atom stereocenters. The number of piperidine rings is 1. The first-order chi connectivity index (χ1) is 13.1. The van der Waals surface area contributed by atoms with Crippen LogP contribution in [-0.2, 0) is 24.1 Å². The Balaban J connectivity index is 1.39. The number of aromatic nitrogens is 2. The third kappa shape index (κ3) is 4.24. The van der Waals surface area contributed by atoms with E-state index in [1.165, 1.54) is 23.3 Å². The Hall–Kier alpha value is -1.73. The van der Waals surface area contributed by atoms with Crippen molar-refractivity contribution in [2.24, 2.45) is 11.8 Å². The molecule has 4 rings (SSSR count). The first kappa shape index (κ1) is 18.6. The summed E-state index contributed by atoms with van der Waals surface area (Å²) < 4.78 is 0. The first-order valence-corrected chi connectivity index (χ1v) is 10.9. The number of aryl methyl sites for hydroxylation is 2. The zero-order valence-electron chi connectivity index (χ0n) is 15.9. The maximum atomic E-state index is 12.6. The van der Waals surface area contributed by atoms with Crippen LogP contribution >= 0.6 is 11.3 Å². The molecule has 0 spiro atoms. The highest BCUT2D eigenvalue weighted by atomic mass is 32.1. The van der Waals surface area contributed by atoms with Gasteiger partial charge in [-0.2, -0.15) is 0 Å². The average Bonchev–Trinajstić information content (AvgIpc) is 3.03. The molecule has 1 saturated heterocycles. The summed E-state index contributed by atoms with van der Waals surface area (Å²) in [5, 5.41) is 7.16. The molecule has 1 amide bonds. The van der Waals surface area contributed by atoms with Crippen LogP contribution in [0.15, 0.2) is 4.79 Å². The zero-order chi connectivity index (χ0) is 18.8. The van der Waals surface area contributed by atoms with Gasteiger partial charge in [0.05, 0.1) is 5.39 Å². The van der Waals surface area contributed by atoms with Gasteiger partial charge < -0.3 is 15.6 Å². The number of nitrogens with zero attached hydrogens (tertiary/aromatic N) is 1. The van der Waals surface area contributed by atoms with Crippen molar-refractivity contribution in [1.29, 1.82) is 0 Å². The lowest BCUT2D eigenvalue weighted by atomic mass is 9.89. The molecule has 0 aromatic carbocycles. The van der Waals surface area contributed by atoms with Crippen LogP contribution in [-0.4, -0.2) is 35.5 Å². The van der Waals surface area contributed by atoms with Crippen molar-refractivity contribution in [1.82, 2.24) is 20.6 Å². The molecule has 6 nitrogen and oxygen atoms in total. The molecule has 1 aliphatic heterocycles. The minimum atomic E-state index is -0.0456. The fourth-order valence-electron chi connectivity index (χ4n) is 4.19. The summed E-state index contributed by atoms with van der Waals surface area (Å²) in [7, 11) is 0. The van der Waals surface area contributed by atoms with Gasteiger partial charge in [-0.05, 0) is 62.6 Å². The fourth-order valence-corrected chi connectivity index (χ4v) is 5.59. The van der Waals surface area contributed by atoms with Crippen molar-refractivity contribution >= 4 is 27.5 Å². The summed E-state index contributed by atoms with van der Waals surface area (Å²) in [5.74, 6) is 1.85. The van der Waals surface area contributed by atoms with Crippen LogP contribution in [0.1, 0.15) is 48.9 Å². The number of fused-ring (bicyclic) bond motifs is 3. The molecule has 1 aliphatic carbocycles. The average molecular weight is 389 g/mol. The van der Waals surface area contributed by atoms with E-state index < -0.39 is 0 Å². The van der Waals surface area contributed by atoms with E-state index in [2.05, 4.69) is 27.5 Å². The summed E-state index contributed by atoms with van der Waals surface area (Å²) in [5.41, 5.74) is 1.16. The van der Waals surface area contributed by atoms with Crippen molar-refractivity contribution in [2.45, 2.75) is 51.9 Å². The quantitative estimate of drug-likeness (QED) is 0.733. The highest BCUT2D eigenvalue weighted by Gasteiger charge is 2.23. The third-order valence-corrected chi connectivity index (χ3v) is 6.94. The number of amides is 1. The molecule has 2 atom stereocenters. The smallest absolute Gasteiger partial charge is 0.259 e. The van der Waals surface area contributed by atoms with Gasteiger partial charge in [0.15, 0.2) is 0 Å². The molecule has 2 aromatic rings. The Morgan fingerprint density at radius 3 is 3.07 bits per heavy atom. The van der Waals surface area contributed by atoms with Gasteiger partial charge in [-0.25, -0.2) is 4.98 Å². The summed E-state index contributed by atoms with van der Waals surface area (Å²) in [4.78, 5) is 34.5. The number of hydrogen-bond acceptors (Lipinski definition) is 5. The second kappa shape index (κ2) is 8.10. The monoisotopic (exact) mass is 388 g/mol. The number of nitrogens with one attached hydrogen (secondary N) is 3. The lowest BCUT2D eigenvalue weighted by Crippen LogP contribution is -2.38. The molecular weight excluding hydrogens is 360 g/mol. The number of rotatable bonds is 5. The van der Waals surface area contributed by atoms with Crippen LogP contribution in [0.25, 0.3) is 10.2 Å². The summed E-state index contributed by atoms with van der Waals surface area (Å²) >= 11 is 1.66. The molecule has 2 aromatic heterocycles. The molecule has 146 valence electrons. The highest BCUT2D eigenvalue weighted by Crippen LogP contribution is 2.35. The Kier molecular flexibility index (Phi) is 5.59. The number of aromatic amines is 1. The normalized spacial score (nSPS) is 22.6. The number of hydrogen-bond donors (Lipinski definition) is 3. The molecule has 1 fully saturated rings. The molecule has 3 N–H and O–H groups in total. The van der Waals surface area contributed by atoms with Crippen LogP contribution in [0.3, 0.4) is 0 Å². The minimum absolute atomic E-state index is 0.0302.